The number of pyridine rings is 1. The topological polar surface area (TPSA) is 85.6 Å². The molecule has 8 heteroatoms. The van der Waals surface area contributed by atoms with Gasteiger partial charge < -0.3 is 4.57 Å². The molecule has 0 fully saturated rings. The Morgan fingerprint density at radius 3 is 2.67 bits per heavy atom. The van der Waals surface area contributed by atoms with E-state index in [1.54, 1.807) is 16.3 Å². The van der Waals surface area contributed by atoms with Gasteiger partial charge in [0.25, 0.3) is 5.56 Å². The van der Waals surface area contributed by atoms with Crippen LogP contribution in [-0.2, 0) is 18.8 Å². The third-order valence-corrected chi connectivity index (χ3v) is 6.17. The van der Waals surface area contributed by atoms with Crippen molar-refractivity contribution < 1.29 is 0 Å². The molecule has 0 saturated heterocycles. The van der Waals surface area contributed by atoms with Crippen molar-refractivity contribution in [2.24, 2.45) is 0 Å². The zero-order chi connectivity index (χ0) is 21.3. The predicted octanol–water partition coefficient (Wildman–Crippen LogP) is 3.86. The van der Waals surface area contributed by atoms with E-state index in [0.717, 1.165) is 34.6 Å². The van der Waals surface area contributed by atoms with E-state index < -0.39 is 5.69 Å². The summed E-state index contributed by atoms with van der Waals surface area (Å²) in [6.45, 7) is 7.28. The van der Waals surface area contributed by atoms with Gasteiger partial charge in [-0.15, -0.1) is 0 Å². The van der Waals surface area contributed by atoms with Crippen LogP contribution in [0.15, 0.2) is 44.9 Å². The Morgan fingerprint density at radius 2 is 1.90 bits per heavy atom. The minimum absolute atomic E-state index is 0.381. The first-order valence-corrected chi connectivity index (χ1v) is 11.2. The number of aromatic nitrogens is 5. The normalized spacial score (nSPS) is 11.6. The molecule has 0 aliphatic rings. The summed E-state index contributed by atoms with van der Waals surface area (Å²) in [7, 11) is 0. The van der Waals surface area contributed by atoms with Gasteiger partial charge in [0.2, 0.25) is 0 Å². The minimum Gasteiger partial charge on any atom is -0.322 e. The quantitative estimate of drug-likeness (QED) is 0.456. The van der Waals surface area contributed by atoms with E-state index >= 15 is 0 Å². The van der Waals surface area contributed by atoms with Gasteiger partial charge in [0.05, 0.1) is 16.3 Å². The van der Waals surface area contributed by atoms with Crippen LogP contribution in [0.4, 0.5) is 0 Å². The Bertz CT molecular complexity index is 1340. The highest BCUT2D eigenvalue weighted by atomic mass is 32.2. The highest BCUT2D eigenvalue weighted by molar-refractivity contribution is 7.98. The molecule has 0 radical (unpaired) electrons. The molecule has 0 saturated carbocycles. The van der Waals surface area contributed by atoms with Crippen LogP contribution in [-0.4, -0.2) is 24.1 Å². The second-order valence-electron chi connectivity index (χ2n) is 7.29. The first-order chi connectivity index (χ1) is 14.5. The molecular formula is C22H25N5O2S. The number of nitrogens with one attached hydrogen (secondary N) is 1. The Balaban J connectivity index is 1.73. The number of nitrogens with zero attached hydrogens (tertiary/aromatic N) is 4. The smallest absolute Gasteiger partial charge is 0.322 e. The average Bonchev–Trinajstić information content (AvgIpc) is 3.11. The molecule has 3 aromatic heterocycles. The van der Waals surface area contributed by atoms with Crippen molar-refractivity contribution in [2.75, 3.05) is 0 Å². The van der Waals surface area contributed by atoms with Crippen molar-refractivity contribution in [3.05, 3.63) is 62.6 Å². The number of para-hydroxylation sites is 1. The predicted molar refractivity (Wildman–Crippen MR) is 121 cm³/mol. The average molecular weight is 424 g/mol. The summed E-state index contributed by atoms with van der Waals surface area (Å²) in [5.74, 6) is 1.33. The standard InChI is InChI=1S/C22H25N5O2S/c1-4-6-11-27-20-19(21(28)25-22(27)29)26(5-2)17(24-20)13-30-18-12-14(3)15-9-7-8-10-16(15)23-18/h7-10,12H,4-6,11,13H2,1-3H3,(H,25,28,29). The summed E-state index contributed by atoms with van der Waals surface area (Å²) in [6, 6.07) is 10.2. The van der Waals surface area contributed by atoms with Crippen LogP contribution in [0.3, 0.4) is 0 Å². The van der Waals surface area contributed by atoms with Crippen molar-refractivity contribution in [3.8, 4) is 0 Å². The molecule has 0 aliphatic heterocycles. The Hall–Kier alpha value is -2.87. The molecular weight excluding hydrogens is 398 g/mol. The number of imidazole rings is 1. The highest BCUT2D eigenvalue weighted by Crippen LogP contribution is 2.26. The molecule has 0 bridgehead atoms. The molecule has 1 aromatic carbocycles. The molecule has 0 spiro atoms. The van der Waals surface area contributed by atoms with Gasteiger partial charge in [-0.3, -0.25) is 14.3 Å². The summed E-state index contributed by atoms with van der Waals surface area (Å²) in [4.78, 5) is 36.8. The number of hydrogen-bond donors (Lipinski definition) is 1. The number of hydrogen-bond acceptors (Lipinski definition) is 5. The van der Waals surface area contributed by atoms with E-state index in [1.165, 1.54) is 5.56 Å². The van der Waals surface area contributed by atoms with Gasteiger partial charge in [-0.2, -0.15) is 0 Å². The fourth-order valence-corrected chi connectivity index (χ4v) is 4.64. The molecule has 0 amide bonds. The molecule has 3 heterocycles. The number of aryl methyl sites for hydroxylation is 3. The summed E-state index contributed by atoms with van der Waals surface area (Å²) >= 11 is 1.59. The van der Waals surface area contributed by atoms with Crippen molar-refractivity contribution >= 4 is 33.8 Å². The lowest BCUT2D eigenvalue weighted by Gasteiger charge is -2.07. The van der Waals surface area contributed by atoms with Gasteiger partial charge in [0.15, 0.2) is 11.2 Å². The van der Waals surface area contributed by atoms with Gasteiger partial charge in [-0.1, -0.05) is 43.3 Å². The summed E-state index contributed by atoms with van der Waals surface area (Å²) in [6.07, 6.45) is 1.81. The number of H-pyrrole nitrogens is 1. The minimum atomic E-state index is -0.396. The maximum Gasteiger partial charge on any atom is 0.330 e. The monoisotopic (exact) mass is 423 g/mol. The Kier molecular flexibility index (Phi) is 5.76. The van der Waals surface area contributed by atoms with Crippen molar-refractivity contribution in [1.82, 2.24) is 24.1 Å². The van der Waals surface area contributed by atoms with E-state index in [0.29, 0.717) is 30.0 Å². The molecule has 0 unspecified atom stereocenters. The Labute approximate surface area is 178 Å². The lowest BCUT2D eigenvalue weighted by molar-refractivity contribution is 0.613. The van der Waals surface area contributed by atoms with Crippen molar-refractivity contribution in [3.63, 3.8) is 0 Å². The Morgan fingerprint density at radius 1 is 1.10 bits per heavy atom. The fraction of sp³-hybridized carbons (Fsp3) is 0.364. The number of aromatic amines is 1. The summed E-state index contributed by atoms with van der Waals surface area (Å²) in [5, 5.41) is 2.06. The highest BCUT2D eigenvalue weighted by Gasteiger charge is 2.18. The molecule has 0 aliphatic carbocycles. The third-order valence-electron chi connectivity index (χ3n) is 5.26. The second kappa shape index (κ2) is 8.47. The van der Waals surface area contributed by atoms with Gasteiger partial charge in [-0.05, 0) is 38.0 Å². The molecule has 4 rings (SSSR count). The zero-order valence-electron chi connectivity index (χ0n) is 17.4. The maximum absolute atomic E-state index is 12.5. The zero-order valence-corrected chi connectivity index (χ0v) is 18.3. The van der Waals surface area contributed by atoms with E-state index in [9.17, 15) is 9.59 Å². The van der Waals surface area contributed by atoms with Crippen LogP contribution in [0.25, 0.3) is 22.1 Å². The van der Waals surface area contributed by atoms with E-state index in [4.69, 9.17) is 9.97 Å². The van der Waals surface area contributed by atoms with E-state index in [2.05, 4.69) is 31.0 Å². The second-order valence-corrected chi connectivity index (χ2v) is 8.29. The number of unbranched alkanes of at least 4 members (excludes halogenated alkanes) is 1. The number of fused-ring (bicyclic) bond motifs is 2. The molecule has 0 atom stereocenters. The van der Waals surface area contributed by atoms with Crippen molar-refractivity contribution in [1.29, 1.82) is 0 Å². The number of thioether (sulfide) groups is 1. The maximum atomic E-state index is 12.5. The van der Waals surface area contributed by atoms with Gasteiger partial charge in [-0.25, -0.2) is 14.8 Å². The summed E-state index contributed by atoms with van der Waals surface area (Å²) in [5.41, 5.74) is 2.30. The fourth-order valence-electron chi connectivity index (χ4n) is 3.72. The van der Waals surface area contributed by atoms with Crippen molar-refractivity contribution in [2.45, 2.75) is 57.5 Å². The van der Waals surface area contributed by atoms with Crippen LogP contribution in [0.5, 0.6) is 0 Å². The first kappa shape index (κ1) is 20.4. The van der Waals surface area contributed by atoms with Crippen LogP contribution < -0.4 is 11.2 Å². The van der Waals surface area contributed by atoms with Crippen LogP contribution in [0, 0.1) is 6.92 Å². The number of benzene rings is 1. The number of rotatable bonds is 7. The van der Waals surface area contributed by atoms with Gasteiger partial charge in [0, 0.05) is 18.5 Å². The van der Waals surface area contributed by atoms with Crippen LogP contribution in [0.2, 0.25) is 0 Å². The molecule has 156 valence electrons. The molecule has 4 aromatic rings. The van der Waals surface area contributed by atoms with Gasteiger partial charge in [0.1, 0.15) is 5.82 Å². The first-order valence-electron chi connectivity index (χ1n) is 10.2. The van der Waals surface area contributed by atoms with Crippen LogP contribution >= 0.6 is 11.8 Å². The lowest BCUT2D eigenvalue weighted by atomic mass is 10.1. The summed E-state index contributed by atoms with van der Waals surface area (Å²) < 4.78 is 3.48. The van der Waals surface area contributed by atoms with Crippen LogP contribution in [0.1, 0.15) is 38.1 Å². The lowest BCUT2D eigenvalue weighted by Crippen LogP contribution is -2.31. The third kappa shape index (κ3) is 3.67. The SMILES string of the molecule is CCCCn1c(=O)[nH]c(=O)c2c1nc(CSc1cc(C)c3ccccc3n1)n2CC. The largest absolute Gasteiger partial charge is 0.330 e. The van der Waals surface area contributed by atoms with E-state index in [-0.39, 0.29) is 5.56 Å². The van der Waals surface area contributed by atoms with Gasteiger partial charge >= 0.3 is 5.69 Å². The molecule has 1 N–H and O–H groups in total. The van der Waals surface area contributed by atoms with E-state index in [1.807, 2.05) is 29.7 Å². The molecule has 7 nitrogen and oxygen atoms in total. The molecule has 30 heavy (non-hydrogen) atoms.